The first kappa shape index (κ1) is 14.8. The molecule has 1 aromatic carbocycles. The van der Waals surface area contributed by atoms with E-state index in [0.717, 1.165) is 10.0 Å². The first-order valence-corrected chi connectivity index (χ1v) is 7.12. The van der Waals surface area contributed by atoms with Crippen LogP contribution >= 0.6 is 27.5 Å². The van der Waals surface area contributed by atoms with Crippen LogP contribution in [0.2, 0.25) is 5.15 Å². The average molecular weight is 355 g/mol. The largest absolute Gasteiger partial charge is 0.397 e. The summed E-state index contributed by atoms with van der Waals surface area (Å²) in [7, 11) is 0. The minimum absolute atomic E-state index is 0.137. The zero-order chi connectivity index (χ0) is 14.7. The lowest BCUT2D eigenvalue weighted by molar-refractivity contribution is 0.0940. The molecular formula is C14H13BrClN3O. The van der Waals surface area contributed by atoms with Crippen molar-refractivity contribution in [2.45, 2.75) is 13.0 Å². The fourth-order valence-corrected chi connectivity index (χ4v) is 2.17. The van der Waals surface area contributed by atoms with E-state index in [1.54, 1.807) is 0 Å². The number of nitrogens with one attached hydrogen (secondary N) is 1. The predicted octanol–water partition coefficient (Wildman–Crippen LogP) is 3.57. The minimum atomic E-state index is -0.276. The van der Waals surface area contributed by atoms with Gasteiger partial charge in [0.05, 0.1) is 23.5 Å². The van der Waals surface area contributed by atoms with Crippen LogP contribution in [0.3, 0.4) is 0 Å². The third-order valence-electron chi connectivity index (χ3n) is 2.86. The summed E-state index contributed by atoms with van der Waals surface area (Å²) >= 11 is 9.15. The van der Waals surface area contributed by atoms with Gasteiger partial charge in [-0.05, 0) is 30.7 Å². The first-order valence-electron chi connectivity index (χ1n) is 5.94. The Labute approximate surface area is 130 Å². The molecule has 2 aromatic rings. The molecule has 6 heteroatoms. The van der Waals surface area contributed by atoms with Crippen LogP contribution in [0.4, 0.5) is 5.69 Å². The zero-order valence-electron chi connectivity index (χ0n) is 10.7. The molecule has 1 amide bonds. The van der Waals surface area contributed by atoms with Gasteiger partial charge in [-0.3, -0.25) is 4.79 Å². The number of hydrogen-bond acceptors (Lipinski definition) is 3. The molecule has 0 aliphatic rings. The van der Waals surface area contributed by atoms with Crippen molar-refractivity contribution >= 4 is 39.1 Å². The fourth-order valence-electron chi connectivity index (χ4n) is 1.75. The molecule has 1 heterocycles. The molecule has 1 unspecified atom stereocenters. The summed E-state index contributed by atoms with van der Waals surface area (Å²) in [5, 5.41) is 3.12. The molecule has 0 aliphatic carbocycles. The summed E-state index contributed by atoms with van der Waals surface area (Å²) in [6.07, 6.45) is 1.38. The summed E-state index contributed by atoms with van der Waals surface area (Å²) in [6, 6.07) is 9.06. The molecule has 4 nitrogen and oxygen atoms in total. The number of benzene rings is 1. The van der Waals surface area contributed by atoms with Gasteiger partial charge in [-0.25, -0.2) is 4.98 Å². The maximum atomic E-state index is 12.2. The van der Waals surface area contributed by atoms with E-state index in [0.29, 0.717) is 11.3 Å². The number of pyridine rings is 1. The van der Waals surface area contributed by atoms with Crippen molar-refractivity contribution in [1.82, 2.24) is 10.3 Å². The highest BCUT2D eigenvalue weighted by Crippen LogP contribution is 2.19. The highest BCUT2D eigenvalue weighted by molar-refractivity contribution is 9.10. The van der Waals surface area contributed by atoms with Gasteiger partial charge in [-0.1, -0.05) is 39.7 Å². The van der Waals surface area contributed by atoms with Crippen molar-refractivity contribution < 1.29 is 4.79 Å². The molecule has 0 radical (unpaired) electrons. The van der Waals surface area contributed by atoms with E-state index in [1.807, 2.05) is 31.2 Å². The second-order valence-corrected chi connectivity index (χ2v) is 5.64. The number of nitrogen functional groups attached to an aromatic ring is 1. The Bertz CT molecular complexity index is 631. The summed E-state index contributed by atoms with van der Waals surface area (Å²) in [4.78, 5) is 16.0. The normalized spacial score (nSPS) is 11.9. The van der Waals surface area contributed by atoms with Gasteiger partial charge in [0.2, 0.25) is 0 Å². The number of anilines is 1. The molecule has 1 aromatic heterocycles. The van der Waals surface area contributed by atoms with E-state index < -0.39 is 0 Å². The maximum Gasteiger partial charge on any atom is 0.254 e. The molecule has 0 saturated carbocycles. The van der Waals surface area contributed by atoms with E-state index >= 15 is 0 Å². The quantitative estimate of drug-likeness (QED) is 0.828. The van der Waals surface area contributed by atoms with Gasteiger partial charge in [0, 0.05) is 4.47 Å². The standard InChI is InChI=1S/C14H13BrClN3O/c1-8(9-2-4-10(15)5-3-9)19-14(20)11-6-13(16)18-7-12(11)17/h2-8H,17H2,1H3,(H,19,20). The molecule has 0 spiro atoms. The molecule has 0 saturated heterocycles. The lowest BCUT2D eigenvalue weighted by Gasteiger charge is -2.15. The van der Waals surface area contributed by atoms with Crippen molar-refractivity contribution in [1.29, 1.82) is 0 Å². The van der Waals surface area contributed by atoms with Crippen molar-refractivity contribution in [3.05, 3.63) is 57.3 Å². The molecule has 1 atom stereocenters. The van der Waals surface area contributed by atoms with Crippen LogP contribution in [0, 0.1) is 0 Å². The van der Waals surface area contributed by atoms with E-state index in [-0.39, 0.29) is 17.1 Å². The van der Waals surface area contributed by atoms with Gasteiger partial charge >= 0.3 is 0 Å². The van der Waals surface area contributed by atoms with Crippen molar-refractivity contribution in [3.8, 4) is 0 Å². The Hall–Kier alpha value is -1.59. The summed E-state index contributed by atoms with van der Waals surface area (Å²) in [5.74, 6) is -0.276. The molecular weight excluding hydrogens is 342 g/mol. The number of aromatic nitrogens is 1. The number of nitrogens with two attached hydrogens (primary N) is 1. The molecule has 0 bridgehead atoms. The number of hydrogen-bond donors (Lipinski definition) is 2. The van der Waals surface area contributed by atoms with Crippen LogP contribution in [-0.2, 0) is 0 Å². The number of carbonyl (C=O) groups is 1. The monoisotopic (exact) mass is 353 g/mol. The smallest absolute Gasteiger partial charge is 0.254 e. The van der Waals surface area contributed by atoms with Gasteiger partial charge in [-0.2, -0.15) is 0 Å². The van der Waals surface area contributed by atoms with Gasteiger partial charge < -0.3 is 11.1 Å². The maximum absolute atomic E-state index is 12.2. The number of rotatable bonds is 3. The van der Waals surface area contributed by atoms with E-state index in [9.17, 15) is 4.79 Å². The summed E-state index contributed by atoms with van der Waals surface area (Å²) in [6.45, 7) is 1.90. The molecule has 2 rings (SSSR count). The first-order chi connectivity index (χ1) is 9.47. The SMILES string of the molecule is CC(NC(=O)c1cc(Cl)ncc1N)c1ccc(Br)cc1. The number of amides is 1. The lowest BCUT2D eigenvalue weighted by Crippen LogP contribution is -2.27. The van der Waals surface area contributed by atoms with Crippen LogP contribution < -0.4 is 11.1 Å². The average Bonchev–Trinajstić information content (AvgIpc) is 2.42. The number of carbonyl (C=O) groups excluding carboxylic acids is 1. The van der Waals surface area contributed by atoms with Crippen LogP contribution in [0.5, 0.6) is 0 Å². The molecule has 0 aliphatic heterocycles. The second kappa shape index (κ2) is 6.24. The lowest BCUT2D eigenvalue weighted by atomic mass is 10.1. The summed E-state index contributed by atoms with van der Waals surface area (Å²) < 4.78 is 0.991. The highest BCUT2D eigenvalue weighted by Gasteiger charge is 2.14. The van der Waals surface area contributed by atoms with E-state index in [4.69, 9.17) is 17.3 Å². The van der Waals surface area contributed by atoms with Crippen molar-refractivity contribution in [2.24, 2.45) is 0 Å². The Morgan fingerprint density at radius 1 is 1.40 bits per heavy atom. The van der Waals surface area contributed by atoms with Gasteiger partial charge in [0.1, 0.15) is 5.15 Å². The van der Waals surface area contributed by atoms with Gasteiger partial charge in [0.25, 0.3) is 5.91 Å². The number of halogens is 2. The summed E-state index contributed by atoms with van der Waals surface area (Å²) in [5.41, 5.74) is 7.37. The Balaban J connectivity index is 2.15. The number of nitrogens with zero attached hydrogens (tertiary/aromatic N) is 1. The Morgan fingerprint density at radius 2 is 2.05 bits per heavy atom. The second-order valence-electron chi connectivity index (χ2n) is 4.34. The van der Waals surface area contributed by atoms with Crippen molar-refractivity contribution in [3.63, 3.8) is 0 Å². The van der Waals surface area contributed by atoms with Crippen molar-refractivity contribution in [2.75, 3.05) is 5.73 Å². The van der Waals surface area contributed by atoms with Crippen LogP contribution in [-0.4, -0.2) is 10.9 Å². The van der Waals surface area contributed by atoms with Gasteiger partial charge in [0.15, 0.2) is 0 Å². The third kappa shape index (κ3) is 3.49. The van der Waals surface area contributed by atoms with Crippen LogP contribution in [0.15, 0.2) is 41.0 Å². The predicted molar refractivity (Wildman–Crippen MR) is 83.7 cm³/mol. The molecule has 104 valence electrons. The van der Waals surface area contributed by atoms with Crippen LogP contribution in [0.1, 0.15) is 28.9 Å². The molecule has 0 fully saturated rings. The molecule has 3 N–H and O–H groups in total. The highest BCUT2D eigenvalue weighted by atomic mass is 79.9. The van der Waals surface area contributed by atoms with Gasteiger partial charge in [-0.15, -0.1) is 0 Å². The minimum Gasteiger partial charge on any atom is -0.397 e. The van der Waals surface area contributed by atoms with E-state index in [2.05, 4.69) is 26.2 Å². The third-order valence-corrected chi connectivity index (χ3v) is 3.60. The fraction of sp³-hybridized carbons (Fsp3) is 0.143. The van der Waals surface area contributed by atoms with E-state index in [1.165, 1.54) is 12.3 Å². The Morgan fingerprint density at radius 3 is 2.70 bits per heavy atom. The molecule has 20 heavy (non-hydrogen) atoms. The van der Waals surface area contributed by atoms with Crippen LogP contribution in [0.25, 0.3) is 0 Å². The zero-order valence-corrected chi connectivity index (χ0v) is 13.1. The Kier molecular flexibility index (Phi) is 4.62. The topological polar surface area (TPSA) is 68.0 Å².